The standard InChI is InChI=1S/C49H29N3O2/c1-3-12-32(13-4-1)47-50-48(33-14-5-2-6-15-33)52-49(51-47)34-26-24-30(25-27-34)35-18-10-21-39-40-22-11-20-38(45(40)54-44(35)39)37-19-9-16-31-28-29-41-36-17-7-8-23-42(36)53-46(41)43(31)37/h1-29H. The van der Waals surface area contributed by atoms with Gasteiger partial charge in [0, 0.05) is 54.7 Å². The lowest BCUT2D eigenvalue weighted by Gasteiger charge is -2.09. The smallest absolute Gasteiger partial charge is 0.164 e. The van der Waals surface area contributed by atoms with Crippen LogP contribution in [0.4, 0.5) is 0 Å². The normalized spacial score (nSPS) is 11.7. The summed E-state index contributed by atoms with van der Waals surface area (Å²) in [4.78, 5) is 14.7. The van der Waals surface area contributed by atoms with E-state index in [2.05, 4.69) is 103 Å². The lowest BCUT2D eigenvalue weighted by Crippen LogP contribution is -2.00. The third kappa shape index (κ3) is 4.83. The largest absolute Gasteiger partial charge is 0.455 e. The zero-order chi connectivity index (χ0) is 35.6. The number of para-hydroxylation sites is 3. The number of benzene rings is 8. The van der Waals surface area contributed by atoms with Gasteiger partial charge in [0.05, 0.1) is 0 Å². The summed E-state index contributed by atoms with van der Waals surface area (Å²) in [6.45, 7) is 0. The SMILES string of the molecule is c1ccc(-c2nc(-c3ccccc3)nc(-c3ccc(-c4cccc5c4oc4c(-c6cccc7ccc8c9ccccc9oc8c67)cccc45)cc3)n2)cc1. The number of hydrogen-bond acceptors (Lipinski definition) is 5. The summed E-state index contributed by atoms with van der Waals surface area (Å²) < 4.78 is 13.5. The van der Waals surface area contributed by atoms with Crippen molar-refractivity contribution < 1.29 is 8.83 Å². The first kappa shape index (κ1) is 30.3. The van der Waals surface area contributed by atoms with Gasteiger partial charge >= 0.3 is 0 Å². The Morgan fingerprint density at radius 2 is 0.796 bits per heavy atom. The first-order valence-corrected chi connectivity index (χ1v) is 18.0. The van der Waals surface area contributed by atoms with Crippen molar-refractivity contribution >= 4 is 54.6 Å². The molecule has 5 nitrogen and oxygen atoms in total. The van der Waals surface area contributed by atoms with Gasteiger partial charge in [-0.15, -0.1) is 0 Å². The number of rotatable bonds is 5. The van der Waals surface area contributed by atoms with Gasteiger partial charge in [-0.05, 0) is 28.6 Å². The molecular weight excluding hydrogens is 663 g/mol. The van der Waals surface area contributed by atoms with Gasteiger partial charge in [-0.2, -0.15) is 0 Å². The second-order valence-corrected chi connectivity index (χ2v) is 13.5. The van der Waals surface area contributed by atoms with E-state index in [1.54, 1.807) is 0 Å². The molecule has 3 heterocycles. The average molecular weight is 692 g/mol. The lowest BCUT2D eigenvalue weighted by atomic mass is 9.95. The van der Waals surface area contributed by atoms with E-state index in [1.165, 1.54) is 0 Å². The molecular formula is C49H29N3O2. The van der Waals surface area contributed by atoms with Crippen molar-refractivity contribution in [1.82, 2.24) is 15.0 Å². The monoisotopic (exact) mass is 691 g/mol. The van der Waals surface area contributed by atoms with Crippen LogP contribution in [-0.2, 0) is 0 Å². The maximum Gasteiger partial charge on any atom is 0.164 e. The van der Waals surface area contributed by atoms with E-state index in [0.717, 1.165) is 93.6 Å². The van der Waals surface area contributed by atoms with Crippen LogP contribution in [0.3, 0.4) is 0 Å². The predicted molar refractivity (Wildman–Crippen MR) is 219 cm³/mol. The maximum atomic E-state index is 6.92. The van der Waals surface area contributed by atoms with Crippen LogP contribution >= 0.6 is 0 Å². The van der Waals surface area contributed by atoms with E-state index < -0.39 is 0 Å². The van der Waals surface area contributed by atoms with Crippen molar-refractivity contribution in [3.63, 3.8) is 0 Å². The van der Waals surface area contributed by atoms with Crippen LogP contribution in [-0.4, -0.2) is 15.0 Å². The van der Waals surface area contributed by atoms with E-state index in [9.17, 15) is 0 Å². The molecule has 0 N–H and O–H groups in total. The molecule has 0 amide bonds. The van der Waals surface area contributed by atoms with Crippen LogP contribution in [0.15, 0.2) is 185 Å². The Bertz CT molecular complexity index is 3140. The maximum absolute atomic E-state index is 6.92. The number of aromatic nitrogens is 3. The zero-order valence-corrected chi connectivity index (χ0v) is 28.9. The van der Waals surface area contributed by atoms with E-state index in [4.69, 9.17) is 23.8 Å². The molecule has 11 rings (SSSR count). The van der Waals surface area contributed by atoms with Crippen LogP contribution in [0.1, 0.15) is 0 Å². The molecule has 252 valence electrons. The molecule has 5 heteroatoms. The number of furan rings is 2. The Labute approximate surface area is 309 Å². The molecule has 3 aromatic heterocycles. The minimum absolute atomic E-state index is 0.620. The second-order valence-electron chi connectivity index (χ2n) is 13.5. The van der Waals surface area contributed by atoms with Crippen molar-refractivity contribution in [1.29, 1.82) is 0 Å². The summed E-state index contributed by atoms with van der Waals surface area (Å²) in [6, 6.07) is 60.3. The topological polar surface area (TPSA) is 65.0 Å². The van der Waals surface area contributed by atoms with E-state index in [-0.39, 0.29) is 0 Å². The van der Waals surface area contributed by atoms with Crippen molar-refractivity contribution in [2.75, 3.05) is 0 Å². The Morgan fingerprint density at radius 3 is 1.48 bits per heavy atom. The molecule has 0 aliphatic carbocycles. The quantitative estimate of drug-likeness (QED) is 0.180. The minimum Gasteiger partial charge on any atom is -0.455 e. The highest BCUT2D eigenvalue weighted by atomic mass is 16.3. The number of nitrogens with zero attached hydrogens (tertiary/aromatic N) is 3. The van der Waals surface area contributed by atoms with Gasteiger partial charge in [-0.25, -0.2) is 15.0 Å². The van der Waals surface area contributed by atoms with Gasteiger partial charge < -0.3 is 8.83 Å². The fraction of sp³-hybridized carbons (Fsp3) is 0. The molecule has 0 unspecified atom stereocenters. The van der Waals surface area contributed by atoms with Crippen molar-refractivity contribution in [3.05, 3.63) is 176 Å². The third-order valence-electron chi connectivity index (χ3n) is 10.4. The molecule has 0 aliphatic rings. The number of hydrogen-bond donors (Lipinski definition) is 0. The van der Waals surface area contributed by atoms with E-state index >= 15 is 0 Å². The molecule has 0 spiro atoms. The summed E-state index contributed by atoms with van der Waals surface area (Å²) >= 11 is 0. The summed E-state index contributed by atoms with van der Waals surface area (Å²) in [5.41, 5.74) is 10.4. The second kappa shape index (κ2) is 12.1. The van der Waals surface area contributed by atoms with Gasteiger partial charge in [0.15, 0.2) is 17.5 Å². The lowest BCUT2D eigenvalue weighted by molar-refractivity contribution is 0.671. The average Bonchev–Trinajstić information content (AvgIpc) is 3.83. The Balaban J connectivity index is 1.04. The molecule has 0 radical (unpaired) electrons. The molecule has 8 aromatic carbocycles. The van der Waals surface area contributed by atoms with Crippen molar-refractivity contribution in [3.8, 4) is 56.4 Å². The highest BCUT2D eigenvalue weighted by molar-refractivity contribution is 6.21. The van der Waals surface area contributed by atoms with Crippen molar-refractivity contribution in [2.24, 2.45) is 0 Å². The molecule has 11 aromatic rings. The van der Waals surface area contributed by atoms with E-state index in [0.29, 0.717) is 17.5 Å². The number of fused-ring (bicyclic) bond motifs is 8. The van der Waals surface area contributed by atoms with Crippen molar-refractivity contribution in [2.45, 2.75) is 0 Å². The fourth-order valence-corrected chi connectivity index (χ4v) is 7.77. The minimum atomic E-state index is 0.620. The summed E-state index contributed by atoms with van der Waals surface area (Å²) in [5, 5.41) is 6.57. The highest BCUT2D eigenvalue weighted by Crippen LogP contribution is 2.44. The van der Waals surface area contributed by atoms with Crippen LogP contribution in [0.5, 0.6) is 0 Å². The Hall–Kier alpha value is -7.37. The Kier molecular flexibility index (Phi) is 6.79. The van der Waals surface area contributed by atoms with Gasteiger partial charge in [0.1, 0.15) is 22.3 Å². The van der Waals surface area contributed by atoms with Crippen LogP contribution < -0.4 is 0 Å². The molecule has 0 fully saturated rings. The molecule has 0 bridgehead atoms. The Morgan fingerprint density at radius 1 is 0.296 bits per heavy atom. The van der Waals surface area contributed by atoms with Gasteiger partial charge in [0.2, 0.25) is 0 Å². The predicted octanol–water partition coefficient (Wildman–Crippen LogP) is 13.2. The summed E-state index contributed by atoms with van der Waals surface area (Å²) in [6.07, 6.45) is 0. The molecule has 0 saturated heterocycles. The van der Waals surface area contributed by atoms with Crippen LogP contribution in [0.25, 0.3) is 111 Å². The van der Waals surface area contributed by atoms with Gasteiger partial charge in [-0.1, -0.05) is 164 Å². The first-order valence-electron chi connectivity index (χ1n) is 18.0. The highest BCUT2D eigenvalue weighted by Gasteiger charge is 2.20. The molecule has 0 atom stereocenters. The molecule has 0 aliphatic heterocycles. The van der Waals surface area contributed by atoms with Gasteiger partial charge in [0.25, 0.3) is 0 Å². The fourth-order valence-electron chi connectivity index (χ4n) is 7.77. The van der Waals surface area contributed by atoms with Crippen LogP contribution in [0, 0.1) is 0 Å². The van der Waals surface area contributed by atoms with Crippen LogP contribution in [0.2, 0.25) is 0 Å². The zero-order valence-electron chi connectivity index (χ0n) is 28.9. The summed E-state index contributed by atoms with van der Waals surface area (Å²) in [5.74, 6) is 1.90. The summed E-state index contributed by atoms with van der Waals surface area (Å²) in [7, 11) is 0. The third-order valence-corrected chi connectivity index (χ3v) is 10.4. The molecule has 0 saturated carbocycles. The molecule has 54 heavy (non-hydrogen) atoms. The first-order chi connectivity index (χ1) is 26.8. The van der Waals surface area contributed by atoms with Gasteiger partial charge in [-0.3, -0.25) is 0 Å². The van der Waals surface area contributed by atoms with E-state index in [1.807, 2.05) is 72.8 Å².